The van der Waals surface area contributed by atoms with Gasteiger partial charge in [0, 0.05) is 18.7 Å². The van der Waals surface area contributed by atoms with E-state index in [1.807, 2.05) is 34.9 Å². The first kappa shape index (κ1) is 17.1. The Bertz CT molecular complexity index is 959. The fourth-order valence-electron chi connectivity index (χ4n) is 3.84. The van der Waals surface area contributed by atoms with Crippen LogP contribution in [0.1, 0.15) is 31.2 Å². The van der Waals surface area contributed by atoms with Crippen LogP contribution in [0.25, 0.3) is 11.0 Å². The predicted octanol–water partition coefficient (Wildman–Crippen LogP) is 3.26. The Labute approximate surface area is 156 Å². The van der Waals surface area contributed by atoms with Crippen LogP contribution < -0.4 is 0 Å². The summed E-state index contributed by atoms with van der Waals surface area (Å²) in [6.07, 6.45) is 8.85. The fourth-order valence-corrected chi connectivity index (χ4v) is 4.18. The molecule has 1 saturated heterocycles. The van der Waals surface area contributed by atoms with Gasteiger partial charge in [-0.1, -0.05) is 55.4 Å². The Hall–Kier alpha value is -2.38. The van der Waals surface area contributed by atoms with Crippen LogP contribution in [0.5, 0.6) is 0 Å². The SMILES string of the molecule is O=CC(c1ccccc1)(N1CCCCCC1)n1cnc2[nH]ncc2c1=S. The van der Waals surface area contributed by atoms with Gasteiger partial charge in [-0.25, -0.2) is 4.98 Å². The zero-order valence-electron chi connectivity index (χ0n) is 14.5. The van der Waals surface area contributed by atoms with Gasteiger partial charge in [-0.05, 0) is 12.8 Å². The first-order chi connectivity index (χ1) is 12.8. The van der Waals surface area contributed by atoms with Crippen LogP contribution in [0.4, 0.5) is 0 Å². The summed E-state index contributed by atoms with van der Waals surface area (Å²) in [5, 5.41) is 7.63. The number of hydrogen-bond acceptors (Lipinski definition) is 5. The summed E-state index contributed by atoms with van der Waals surface area (Å²) in [5.74, 6) is 0. The van der Waals surface area contributed by atoms with E-state index in [0.717, 1.165) is 43.2 Å². The minimum absolute atomic E-state index is 0.559. The van der Waals surface area contributed by atoms with Gasteiger partial charge in [0.15, 0.2) is 17.6 Å². The van der Waals surface area contributed by atoms with E-state index in [-0.39, 0.29) is 0 Å². The molecule has 1 aliphatic rings. The van der Waals surface area contributed by atoms with E-state index in [2.05, 4.69) is 20.1 Å². The third kappa shape index (κ3) is 2.68. The van der Waals surface area contributed by atoms with Gasteiger partial charge in [-0.2, -0.15) is 5.10 Å². The summed E-state index contributed by atoms with van der Waals surface area (Å²) in [6, 6.07) is 9.84. The van der Waals surface area contributed by atoms with E-state index in [4.69, 9.17) is 12.2 Å². The van der Waals surface area contributed by atoms with Crippen LogP contribution in [0.2, 0.25) is 0 Å². The Morgan fingerprint density at radius 1 is 1.12 bits per heavy atom. The molecule has 1 fully saturated rings. The number of carbonyl (C=O) groups excluding carboxylic acids is 1. The van der Waals surface area contributed by atoms with Gasteiger partial charge in [-0.15, -0.1) is 0 Å². The molecule has 1 aromatic carbocycles. The number of nitrogens with one attached hydrogen (secondary N) is 1. The highest BCUT2D eigenvalue weighted by Gasteiger charge is 2.41. The smallest absolute Gasteiger partial charge is 0.182 e. The molecule has 4 rings (SSSR count). The molecule has 1 unspecified atom stereocenters. The average molecular weight is 367 g/mol. The predicted molar refractivity (Wildman–Crippen MR) is 102 cm³/mol. The summed E-state index contributed by atoms with van der Waals surface area (Å²) in [7, 11) is 0. The molecule has 3 aromatic rings. The molecule has 2 aromatic heterocycles. The normalized spacial score (nSPS) is 18.3. The standard InChI is InChI=1S/C19H21N5OS/c25-13-19(15-8-4-3-5-9-15,23-10-6-1-2-7-11-23)24-14-20-17-16(18(24)26)12-21-22-17/h3-5,8-9,12-14H,1-2,6-7,10-11H2,(H,21,22). The monoisotopic (exact) mass is 367 g/mol. The van der Waals surface area contributed by atoms with Gasteiger partial charge in [0.2, 0.25) is 0 Å². The van der Waals surface area contributed by atoms with E-state index in [1.165, 1.54) is 12.8 Å². The number of likely N-dealkylation sites (tertiary alicyclic amines) is 1. The second kappa shape index (κ2) is 7.09. The van der Waals surface area contributed by atoms with Gasteiger partial charge < -0.3 is 0 Å². The quantitative estimate of drug-likeness (QED) is 0.566. The van der Waals surface area contributed by atoms with Crippen LogP contribution in [0.15, 0.2) is 42.9 Å². The molecule has 6 nitrogen and oxygen atoms in total. The Balaban J connectivity index is 1.98. The van der Waals surface area contributed by atoms with Crippen molar-refractivity contribution in [3.05, 3.63) is 53.1 Å². The van der Waals surface area contributed by atoms with Gasteiger partial charge in [0.05, 0.1) is 11.6 Å². The highest BCUT2D eigenvalue weighted by molar-refractivity contribution is 7.71. The maximum atomic E-state index is 12.7. The molecular formula is C19H21N5OS. The largest absolute Gasteiger partial charge is 0.299 e. The number of benzene rings is 1. The molecule has 26 heavy (non-hydrogen) atoms. The number of rotatable bonds is 4. The first-order valence-electron chi connectivity index (χ1n) is 8.95. The molecule has 0 spiro atoms. The lowest BCUT2D eigenvalue weighted by molar-refractivity contribution is -0.121. The molecule has 1 aliphatic heterocycles. The van der Waals surface area contributed by atoms with E-state index >= 15 is 0 Å². The number of aldehydes is 1. The van der Waals surface area contributed by atoms with Crippen LogP contribution in [-0.2, 0) is 10.5 Å². The lowest BCUT2D eigenvalue weighted by Gasteiger charge is -2.41. The van der Waals surface area contributed by atoms with E-state index in [9.17, 15) is 4.79 Å². The molecule has 1 atom stereocenters. The van der Waals surface area contributed by atoms with Crippen molar-refractivity contribution < 1.29 is 4.79 Å². The minimum Gasteiger partial charge on any atom is -0.299 e. The second-order valence-corrected chi connectivity index (χ2v) is 7.05. The summed E-state index contributed by atoms with van der Waals surface area (Å²) >= 11 is 5.74. The van der Waals surface area contributed by atoms with E-state index < -0.39 is 5.66 Å². The summed E-state index contributed by atoms with van der Waals surface area (Å²) in [6.45, 7) is 1.69. The molecule has 3 heterocycles. The van der Waals surface area contributed by atoms with E-state index in [1.54, 1.807) is 12.5 Å². The lowest BCUT2D eigenvalue weighted by Crippen LogP contribution is -2.53. The molecule has 0 aliphatic carbocycles. The molecule has 1 N–H and O–H groups in total. The Morgan fingerprint density at radius 3 is 2.54 bits per heavy atom. The summed E-state index contributed by atoms with van der Waals surface area (Å²) < 4.78 is 2.39. The van der Waals surface area contributed by atoms with Gasteiger partial charge in [0.1, 0.15) is 11.0 Å². The van der Waals surface area contributed by atoms with Crippen molar-refractivity contribution in [2.45, 2.75) is 31.3 Å². The average Bonchev–Trinajstić information content (AvgIpc) is 3.01. The zero-order valence-corrected chi connectivity index (χ0v) is 15.3. The fraction of sp³-hybridized carbons (Fsp3) is 0.368. The molecular weight excluding hydrogens is 346 g/mol. The molecule has 0 bridgehead atoms. The highest BCUT2D eigenvalue weighted by Crippen LogP contribution is 2.32. The number of fused-ring (bicyclic) bond motifs is 1. The van der Waals surface area contributed by atoms with Crippen molar-refractivity contribution in [2.24, 2.45) is 0 Å². The van der Waals surface area contributed by atoms with Gasteiger partial charge in [-0.3, -0.25) is 19.4 Å². The lowest BCUT2D eigenvalue weighted by atomic mass is 9.97. The number of H-pyrrole nitrogens is 1. The summed E-state index contributed by atoms with van der Waals surface area (Å²) in [4.78, 5) is 19.4. The van der Waals surface area contributed by atoms with Crippen molar-refractivity contribution >= 4 is 29.5 Å². The van der Waals surface area contributed by atoms with Crippen LogP contribution >= 0.6 is 12.2 Å². The number of aromatic amines is 1. The zero-order chi connectivity index (χ0) is 18.0. The maximum absolute atomic E-state index is 12.7. The van der Waals surface area contributed by atoms with E-state index in [0.29, 0.717) is 10.3 Å². The van der Waals surface area contributed by atoms with Crippen molar-refractivity contribution in [1.29, 1.82) is 0 Å². The van der Waals surface area contributed by atoms with Crippen LogP contribution in [-0.4, -0.2) is 44.0 Å². The highest BCUT2D eigenvalue weighted by atomic mass is 32.1. The Kier molecular flexibility index (Phi) is 4.65. The Morgan fingerprint density at radius 2 is 1.85 bits per heavy atom. The van der Waals surface area contributed by atoms with Gasteiger partial charge in [0.25, 0.3) is 0 Å². The van der Waals surface area contributed by atoms with Gasteiger partial charge >= 0.3 is 0 Å². The van der Waals surface area contributed by atoms with Crippen molar-refractivity contribution in [3.8, 4) is 0 Å². The van der Waals surface area contributed by atoms with Crippen molar-refractivity contribution in [2.75, 3.05) is 13.1 Å². The molecule has 0 amide bonds. The molecule has 0 radical (unpaired) electrons. The number of nitrogens with zero attached hydrogens (tertiary/aromatic N) is 4. The molecule has 7 heteroatoms. The minimum atomic E-state index is -0.999. The number of aromatic nitrogens is 4. The van der Waals surface area contributed by atoms with Crippen LogP contribution in [0.3, 0.4) is 0 Å². The van der Waals surface area contributed by atoms with Crippen LogP contribution in [0, 0.1) is 4.64 Å². The number of hydrogen-bond donors (Lipinski definition) is 1. The third-order valence-electron chi connectivity index (χ3n) is 5.19. The van der Waals surface area contributed by atoms with Crippen molar-refractivity contribution in [1.82, 2.24) is 24.6 Å². The summed E-state index contributed by atoms with van der Waals surface area (Å²) in [5.41, 5.74) is 0.536. The maximum Gasteiger partial charge on any atom is 0.182 e. The molecule has 0 saturated carbocycles. The number of carbonyl (C=O) groups is 1. The molecule has 134 valence electrons. The second-order valence-electron chi connectivity index (χ2n) is 6.66. The van der Waals surface area contributed by atoms with Crippen molar-refractivity contribution in [3.63, 3.8) is 0 Å². The first-order valence-corrected chi connectivity index (χ1v) is 9.36. The topological polar surface area (TPSA) is 66.8 Å². The third-order valence-corrected chi connectivity index (χ3v) is 5.61.